The SMILES string of the molecule is CCOc1ccccc1N1CCN(C(=O)C2CC(F)(F)CN2)CC1.Cl.Cl. The van der Waals surface area contributed by atoms with Gasteiger partial charge in [0.15, 0.2) is 0 Å². The fourth-order valence-corrected chi connectivity index (χ4v) is 3.27. The molecule has 0 radical (unpaired) electrons. The maximum absolute atomic E-state index is 13.3. The zero-order valence-electron chi connectivity index (χ0n) is 14.6. The topological polar surface area (TPSA) is 44.8 Å². The number of carbonyl (C=O) groups is 1. The molecule has 2 aliphatic heterocycles. The van der Waals surface area contributed by atoms with E-state index in [4.69, 9.17) is 4.74 Å². The van der Waals surface area contributed by atoms with Crippen LogP contribution in [0.2, 0.25) is 0 Å². The van der Waals surface area contributed by atoms with Gasteiger partial charge in [-0.3, -0.25) is 10.1 Å². The van der Waals surface area contributed by atoms with Crippen molar-refractivity contribution >= 4 is 36.4 Å². The minimum atomic E-state index is -2.78. The summed E-state index contributed by atoms with van der Waals surface area (Å²) >= 11 is 0. The van der Waals surface area contributed by atoms with Crippen molar-refractivity contribution in [3.05, 3.63) is 24.3 Å². The van der Waals surface area contributed by atoms with Crippen LogP contribution >= 0.6 is 24.8 Å². The van der Waals surface area contributed by atoms with Gasteiger partial charge in [0, 0.05) is 32.6 Å². The smallest absolute Gasteiger partial charge is 0.262 e. The molecule has 0 aromatic heterocycles. The molecule has 1 amide bonds. The third kappa shape index (κ3) is 5.11. The standard InChI is InChI=1S/C17H23F2N3O2.2ClH/c1-2-24-15-6-4-3-5-14(15)21-7-9-22(10-8-21)16(23)13-11-17(18,19)12-20-13;;/h3-6,13,20H,2,7-12H2,1H3;2*1H. The Labute approximate surface area is 164 Å². The molecule has 148 valence electrons. The molecule has 1 N–H and O–H groups in total. The summed E-state index contributed by atoms with van der Waals surface area (Å²) in [4.78, 5) is 16.2. The van der Waals surface area contributed by atoms with Gasteiger partial charge < -0.3 is 14.5 Å². The minimum Gasteiger partial charge on any atom is -0.492 e. The number of nitrogens with one attached hydrogen (secondary N) is 1. The number of rotatable bonds is 4. The van der Waals surface area contributed by atoms with Gasteiger partial charge in [0.2, 0.25) is 5.91 Å². The average Bonchev–Trinajstić information content (AvgIpc) is 2.95. The Morgan fingerprint density at radius 1 is 1.23 bits per heavy atom. The summed E-state index contributed by atoms with van der Waals surface area (Å²) in [6.07, 6.45) is -0.404. The molecule has 2 fully saturated rings. The normalized spacial score (nSPS) is 21.6. The molecule has 1 unspecified atom stereocenters. The second kappa shape index (κ2) is 9.58. The minimum absolute atomic E-state index is 0. The highest BCUT2D eigenvalue weighted by Gasteiger charge is 2.43. The molecule has 0 aliphatic carbocycles. The Morgan fingerprint density at radius 3 is 2.46 bits per heavy atom. The largest absolute Gasteiger partial charge is 0.492 e. The van der Waals surface area contributed by atoms with Crippen LogP contribution in [0.25, 0.3) is 0 Å². The van der Waals surface area contributed by atoms with Crippen LogP contribution in [0.3, 0.4) is 0 Å². The van der Waals surface area contributed by atoms with Gasteiger partial charge in [0.25, 0.3) is 5.92 Å². The number of para-hydroxylation sites is 2. The molecule has 5 nitrogen and oxygen atoms in total. The lowest BCUT2D eigenvalue weighted by molar-refractivity contribution is -0.134. The second-order valence-corrected chi connectivity index (χ2v) is 6.21. The number of ether oxygens (including phenoxy) is 1. The fraction of sp³-hybridized carbons (Fsp3) is 0.588. The van der Waals surface area contributed by atoms with Gasteiger partial charge in [-0.05, 0) is 19.1 Å². The summed E-state index contributed by atoms with van der Waals surface area (Å²) in [6.45, 7) is 4.52. The lowest BCUT2D eigenvalue weighted by Crippen LogP contribution is -2.53. The molecule has 2 saturated heterocycles. The van der Waals surface area contributed by atoms with Crippen molar-refractivity contribution in [3.63, 3.8) is 0 Å². The number of alkyl halides is 2. The monoisotopic (exact) mass is 411 g/mol. The predicted octanol–water partition coefficient (Wildman–Crippen LogP) is 2.57. The number of hydrogen-bond donors (Lipinski definition) is 1. The van der Waals surface area contributed by atoms with Crippen LogP contribution in [0, 0.1) is 0 Å². The number of piperazine rings is 1. The molecule has 3 rings (SSSR count). The lowest BCUT2D eigenvalue weighted by Gasteiger charge is -2.37. The molecule has 1 aromatic carbocycles. The molecule has 9 heteroatoms. The summed E-state index contributed by atoms with van der Waals surface area (Å²) in [5.74, 6) is -2.17. The first-order valence-corrected chi connectivity index (χ1v) is 8.37. The zero-order valence-corrected chi connectivity index (χ0v) is 16.3. The highest BCUT2D eigenvalue weighted by Crippen LogP contribution is 2.30. The summed E-state index contributed by atoms with van der Waals surface area (Å²) < 4.78 is 32.2. The summed E-state index contributed by atoms with van der Waals surface area (Å²) in [5, 5.41) is 2.64. The van der Waals surface area contributed by atoms with Gasteiger partial charge >= 0.3 is 0 Å². The Balaban J connectivity index is 0.00000169. The van der Waals surface area contributed by atoms with Crippen molar-refractivity contribution in [2.45, 2.75) is 25.3 Å². The van der Waals surface area contributed by atoms with Crippen LogP contribution in [0.1, 0.15) is 13.3 Å². The number of halogens is 4. The van der Waals surface area contributed by atoms with Crippen LogP contribution < -0.4 is 15.0 Å². The lowest BCUT2D eigenvalue weighted by atomic mass is 10.1. The van der Waals surface area contributed by atoms with Crippen LogP contribution in [-0.2, 0) is 4.79 Å². The van der Waals surface area contributed by atoms with E-state index in [2.05, 4.69) is 10.2 Å². The molecule has 0 saturated carbocycles. The van der Waals surface area contributed by atoms with E-state index in [0.29, 0.717) is 32.8 Å². The van der Waals surface area contributed by atoms with Crippen LogP contribution in [-0.4, -0.2) is 62.1 Å². The van der Waals surface area contributed by atoms with Crippen molar-refractivity contribution in [3.8, 4) is 5.75 Å². The van der Waals surface area contributed by atoms with Gasteiger partial charge in [-0.15, -0.1) is 24.8 Å². The Hall–Kier alpha value is -1.31. The molecule has 2 heterocycles. The Morgan fingerprint density at radius 2 is 1.88 bits per heavy atom. The molecular formula is C17H25Cl2F2N3O2. The quantitative estimate of drug-likeness (QED) is 0.826. The third-order valence-corrected chi connectivity index (χ3v) is 4.51. The maximum atomic E-state index is 13.3. The molecular weight excluding hydrogens is 387 g/mol. The zero-order chi connectivity index (χ0) is 17.2. The Kier molecular flexibility index (Phi) is 8.37. The van der Waals surface area contributed by atoms with Crippen molar-refractivity contribution in [1.29, 1.82) is 0 Å². The number of benzene rings is 1. The number of amides is 1. The molecule has 0 bridgehead atoms. The van der Waals surface area contributed by atoms with Crippen molar-refractivity contribution < 1.29 is 18.3 Å². The first-order chi connectivity index (χ1) is 11.5. The van der Waals surface area contributed by atoms with Crippen molar-refractivity contribution in [1.82, 2.24) is 10.2 Å². The van der Waals surface area contributed by atoms with Gasteiger partial charge in [0.1, 0.15) is 5.75 Å². The van der Waals surface area contributed by atoms with E-state index >= 15 is 0 Å². The number of anilines is 1. The van der Waals surface area contributed by atoms with Gasteiger partial charge in [-0.1, -0.05) is 12.1 Å². The van der Waals surface area contributed by atoms with Crippen molar-refractivity contribution in [2.75, 3.05) is 44.2 Å². The highest BCUT2D eigenvalue weighted by molar-refractivity contribution is 5.85. The molecule has 0 spiro atoms. The maximum Gasteiger partial charge on any atom is 0.262 e. The van der Waals surface area contributed by atoms with E-state index < -0.39 is 24.9 Å². The van der Waals surface area contributed by atoms with Gasteiger partial charge in [0.05, 0.1) is 24.9 Å². The summed E-state index contributed by atoms with van der Waals surface area (Å²) in [6, 6.07) is 7.06. The van der Waals surface area contributed by atoms with E-state index in [9.17, 15) is 13.6 Å². The van der Waals surface area contributed by atoms with E-state index in [1.165, 1.54) is 0 Å². The Bertz CT molecular complexity index is 599. The molecule has 1 aromatic rings. The van der Waals surface area contributed by atoms with Crippen LogP contribution in [0.5, 0.6) is 5.75 Å². The average molecular weight is 412 g/mol. The van der Waals surface area contributed by atoms with E-state index in [-0.39, 0.29) is 30.7 Å². The predicted molar refractivity (Wildman–Crippen MR) is 102 cm³/mol. The van der Waals surface area contributed by atoms with Crippen molar-refractivity contribution in [2.24, 2.45) is 0 Å². The summed E-state index contributed by atoms with van der Waals surface area (Å²) in [7, 11) is 0. The molecule has 26 heavy (non-hydrogen) atoms. The van der Waals surface area contributed by atoms with E-state index in [0.717, 1.165) is 11.4 Å². The third-order valence-electron chi connectivity index (χ3n) is 4.51. The van der Waals surface area contributed by atoms with Crippen LogP contribution in [0.15, 0.2) is 24.3 Å². The first kappa shape index (κ1) is 22.7. The molecule has 2 aliphatic rings. The number of hydrogen-bond acceptors (Lipinski definition) is 4. The number of carbonyl (C=O) groups excluding carboxylic acids is 1. The number of nitrogens with zero attached hydrogens (tertiary/aromatic N) is 2. The second-order valence-electron chi connectivity index (χ2n) is 6.21. The van der Waals surface area contributed by atoms with E-state index in [1.54, 1.807) is 4.90 Å². The van der Waals surface area contributed by atoms with Gasteiger partial charge in [-0.25, -0.2) is 8.78 Å². The highest BCUT2D eigenvalue weighted by atomic mass is 35.5. The summed E-state index contributed by atoms with van der Waals surface area (Å²) in [5.41, 5.74) is 1.01. The van der Waals surface area contributed by atoms with Crippen LogP contribution in [0.4, 0.5) is 14.5 Å². The first-order valence-electron chi connectivity index (χ1n) is 8.37. The van der Waals surface area contributed by atoms with E-state index in [1.807, 2.05) is 31.2 Å². The fourth-order valence-electron chi connectivity index (χ4n) is 3.27. The molecule has 1 atom stereocenters. The van der Waals surface area contributed by atoms with Gasteiger partial charge in [-0.2, -0.15) is 0 Å².